The van der Waals surface area contributed by atoms with E-state index < -0.39 is 0 Å². The van der Waals surface area contributed by atoms with Crippen molar-refractivity contribution in [3.8, 4) is 0 Å². The van der Waals surface area contributed by atoms with Gasteiger partial charge in [-0.15, -0.1) is 0 Å². The van der Waals surface area contributed by atoms with Crippen molar-refractivity contribution in [3.63, 3.8) is 0 Å². The zero-order valence-electron chi connectivity index (χ0n) is 16.7. The van der Waals surface area contributed by atoms with Crippen molar-refractivity contribution < 1.29 is 19.1 Å². The number of hydrogen-bond acceptors (Lipinski definition) is 5. The molecule has 0 unspecified atom stereocenters. The predicted octanol–water partition coefficient (Wildman–Crippen LogP) is 1.80. The smallest absolute Gasteiger partial charge is 0.290 e. The van der Waals surface area contributed by atoms with Crippen LogP contribution in [-0.2, 0) is 29.1 Å². The Kier molecular flexibility index (Phi) is 9.23. The zero-order chi connectivity index (χ0) is 21.1. The molecule has 2 heterocycles. The molecule has 9 heteroatoms. The number of carbonyl (C=O) groups excluding carboxylic acids is 1. The Morgan fingerprint density at radius 3 is 2.79 bits per heavy atom. The Labute approximate surface area is 169 Å². The van der Waals surface area contributed by atoms with E-state index in [-0.39, 0.29) is 18.2 Å². The molecule has 1 aliphatic rings. The van der Waals surface area contributed by atoms with Gasteiger partial charge >= 0.3 is 0 Å². The summed E-state index contributed by atoms with van der Waals surface area (Å²) in [6.07, 6.45) is 3.55. The number of nitrogens with zero attached hydrogens (tertiary/aromatic N) is 5. The maximum Gasteiger partial charge on any atom is 0.290 e. The molecular weight excluding hydrogens is 377 g/mol. The van der Waals surface area contributed by atoms with Gasteiger partial charge in [0, 0.05) is 39.1 Å². The number of halogens is 1. The second-order valence-electron chi connectivity index (χ2n) is 6.74. The van der Waals surface area contributed by atoms with Crippen LogP contribution < -0.4 is 0 Å². The van der Waals surface area contributed by atoms with Crippen molar-refractivity contribution >= 4 is 12.4 Å². The van der Waals surface area contributed by atoms with Gasteiger partial charge in [0.2, 0.25) is 5.91 Å². The van der Waals surface area contributed by atoms with E-state index in [0.29, 0.717) is 12.8 Å². The van der Waals surface area contributed by atoms with Crippen LogP contribution in [-0.4, -0.2) is 68.2 Å². The minimum absolute atomic E-state index is 0.146. The average molecular weight is 405 g/mol. The summed E-state index contributed by atoms with van der Waals surface area (Å²) in [6.45, 7) is 6.67. The molecule has 29 heavy (non-hydrogen) atoms. The van der Waals surface area contributed by atoms with E-state index in [1.165, 1.54) is 12.1 Å². The van der Waals surface area contributed by atoms with Crippen molar-refractivity contribution in [1.29, 1.82) is 0 Å². The van der Waals surface area contributed by atoms with Gasteiger partial charge in [-0.2, -0.15) is 5.10 Å². The van der Waals surface area contributed by atoms with Gasteiger partial charge in [0.05, 0.1) is 6.54 Å². The normalized spacial score (nSPS) is 14.6. The monoisotopic (exact) mass is 405 g/mol. The maximum absolute atomic E-state index is 13.2. The molecule has 1 aromatic heterocycles. The molecule has 0 bridgehead atoms. The first-order valence-electron chi connectivity index (χ1n) is 9.76. The first-order valence-corrected chi connectivity index (χ1v) is 9.76. The standard InChI is InChI=1S/C19H26FN5O.CH2O2/c1-2-25-18(21-15-22-25)14-23-9-4-10-24(12-11-23)19(26)8-7-16-5-3-6-17(20)13-16;2-1-3/h3,5-6,13,15H,2,4,7-12,14H2,1H3;1H,(H,2,3). The number of rotatable bonds is 6. The molecule has 3 rings (SSSR count). The van der Waals surface area contributed by atoms with E-state index in [0.717, 1.165) is 57.1 Å². The highest BCUT2D eigenvalue weighted by Crippen LogP contribution is 2.11. The van der Waals surface area contributed by atoms with Gasteiger partial charge in [-0.1, -0.05) is 12.1 Å². The third kappa shape index (κ3) is 7.26. The van der Waals surface area contributed by atoms with Crippen LogP contribution in [0.4, 0.5) is 4.39 Å². The Hall–Kier alpha value is -2.81. The lowest BCUT2D eigenvalue weighted by molar-refractivity contribution is -0.131. The van der Waals surface area contributed by atoms with Gasteiger partial charge in [0.1, 0.15) is 18.0 Å². The second-order valence-corrected chi connectivity index (χ2v) is 6.74. The maximum atomic E-state index is 13.2. The summed E-state index contributed by atoms with van der Waals surface area (Å²) in [7, 11) is 0. The van der Waals surface area contributed by atoms with E-state index in [1.54, 1.807) is 12.4 Å². The summed E-state index contributed by atoms with van der Waals surface area (Å²) < 4.78 is 15.1. The van der Waals surface area contributed by atoms with Gasteiger partial charge in [-0.25, -0.2) is 14.1 Å². The van der Waals surface area contributed by atoms with E-state index in [9.17, 15) is 9.18 Å². The molecule has 0 saturated carbocycles. The fourth-order valence-corrected chi connectivity index (χ4v) is 3.35. The van der Waals surface area contributed by atoms with Crippen molar-refractivity contribution in [2.75, 3.05) is 26.2 Å². The second kappa shape index (κ2) is 11.9. The molecule has 8 nitrogen and oxygen atoms in total. The van der Waals surface area contributed by atoms with E-state index in [2.05, 4.69) is 21.9 Å². The van der Waals surface area contributed by atoms with Crippen LogP contribution in [0.2, 0.25) is 0 Å². The lowest BCUT2D eigenvalue weighted by atomic mass is 10.1. The van der Waals surface area contributed by atoms with Gasteiger partial charge < -0.3 is 10.0 Å². The highest BCUT2D eigenvalue weighted by Gasteiger charge is 2.20. The quantitative estimate of drug-likeness (QED) is 0.737. The first-order chi connectivity index (χ1) is 14.1. The fourth-order valence-electron chi connectivity index (χ4n) is 3.35. The van der Waals surface area contributed by atoms with Crippen molar-refractivity contribution in [2.45, 2.75) is 39.3 Å². The molecule has 1 fully saturated rings. The van der Waals surface area contributed by atoms with Crippen molar-refractivity contribution in [2.24, 2.45) is 0 Å². The zero-order valence-corrected chi connectivity index (χ0v) is 16.7. The highest BCUT2D eigenvalue weighted by molar-refractivity contribution is 5.76. The van der Waals surface area contributed by atoms with Crippen LogP contribution in [0.1, 0.15) is 31.2 Å². The Morgan fingerprint density at radius 2 is 2.07 bits per heavy atom. The van der Waals surface area contributed by atoms with Crippen LogP contribution in [0.3, 0.4) is 0 Å². The molecule has 0 atom stereocenters. The SMILES string of the molecule is CCn1ncnc1CN1CCCN(C(=O)CCc2cccc(F)c2)CC1.O=CO. The number of carbonyl (C=O) groups is 2. The van der Waals surface area contributed by atoms with Crippen LogP contribution in [0.5, 0.6) is 0 Å². The van der Waals surface area contributed by atoms with E-state index >= 15 is 0 Å². The summed E-state index contributed by atoms with van der Waals surface area (Å²) in [5, 5.41) is 11.1. The molecule has 0 radical (unpaired) electrons. The summed E-state index contributed by atoms with van der Waals surface area (Å²) in [5.41, 5.74) is 0.869. The van der Waals surface area contributed by atoms with E-state index in [1.807, 2.05) is 15.6 Å². The number of amides is 1. The third-order valence-electron chi connectivity index (χ3n) is 4.82. The Bertz CT molecular complexity index is 783. The number of benzene rings is 1. The molecule has 1 aromatic carbocycles. The molecule has 158 valence electrons. The summed E-state index contributed by atoms with van der Waals surface area (Å²) >= 11 is 0. The number of carboxylic acid groups (broad SMARTS) is 1. The summed E-state index contributed by atoms with van der Waals surface area (Å²) in [4.78, 5) is 29.5. The van der Waals surface area contributed by atoms with Gasteiger partial charge in [-0.05, 0) is 37.5 Å². The summed E-state index contributed by atoms with van der Waals surface area (Å²) in [6, 6.07) is 6.48. The summed E-state index contributed by atoms with van der Waals surface area (Å²) in [5.74, 6) is 0.867. The van der Waals surface area contributed by atoms with Gasteiger partial charge in [-0.3, -0.25) is 14.5 Å². The van der Waals surface area contributed by atoms with Crippen LogP contribution in [0.25, 0.3) is 0 Å². The third-order valence-corrected chi connectivity index (χ3v) is 4.82. The minimum atomic E-state index is -0.250. The lowest BCUT2D eigenvalue weighted by Crippen LogP contribution is -2.35. The van der Waals surface area contributed by atoms with Crippen molar-refractivity contribution in [1.82, 2.24) is 24.6 Å². The molecule has 0 spiro atoms. The topological polar surface area (TPSA) is 91.6 Å². The number of hydrogen-bond donors (Lipinski definition) is 1. The average Bonchev–Trinajstić information content (AvgIpc) is 3.02. The molecule has 2 aromatic rings. The first kappa shape index (κ1) is 22.5. The van der Waals surface area contributed by atoms with Crippen LogP contribution in [0.15, 0.2) is 30.6 Å². The predicted molar refractivity (Wildman–Crippen MR) is 106 cm³/mol. The number of aryl methyl sites for hydroxylation is 2. The largest absolute Gasteiger partial charge is 0.483 e. The molecule has 0 aliphatic carbocycles. The van der Waals surface area contributed by atoms with Crippen molar-refractivity contribution in [3.05, 3.63) is 47.8 Å². The Morgan fingerprint density at radius 1 is 1.28 bits per heavy atom. The van der Waals surface area contributed by atoms with Crippen LogP contribution >= 0.6 is 0 Å². The van der Waals surface area contributed by atoms with E-state index in [4.69, 9.17) is 9.90 Å². The lowest BCUT2D eigenvalue weighted by Gasteiger charge is -2.22. The highest BCUT2D eigenvalue weighted by atomic mass is 19.1. The molecule has 1 saturated heterocycles. The molecular formula is C20H28FN5O3. The molecule has 1 aliphatic heterocycles. The van der Waals surface area contributed by atoms with Gasteiger partial charge in [0.15, 0.2) is 0 Å². The Balaban J connectivity index is 0.000000941. The van der Waals surface area contributed by atoms with Crippen LogP contribution in [0, 0.1) is 5.82 Å². The molecule has 1 amide bonds. The minimum Gasteiger partial charge on any atom is -0.483 e. The fraction of sp³-hybridized carbons (Fsp3) is 0.500. The number of aromatic nitrogens is 3. The molecule has 1 N–H and O–H groups in total. The van der Waals surface area contributed by atoms with Gasteiger partial charge in [0.25, 0.3) is 6.47 Å².